The molecule has 2 aromatic rings. The van der Waals surface area contributed by atoms with Gasteiger partial charge in [-0.2, -0.15) is 0 Å². The summed E-state index contributed by atoms with van der Waals surface area (Å²) in [6.07, 6.45) is 1.78. The smallest absolute Gasteiger partial charge is 0.407 e. The van der Waals surface area contributed by atoms with Gasteiger partial charge in [0.05, 0.1) is 24.9 Å². The monoisotopic (exact) mass is 425 g/mol. The molecule has 2 N–H and O–H groups in total. The number of fused-ring (bicyclic) bond motifs is 1. The van der Waals surface area contributed by atoms with E-state index in [2.05, 4.69) is 44.2 Å². The molecule has 0 spiro atoms. The van der Waals surface area contributed by atoms with Crippen molar-refractivity contribution < 1.29 is 19.0 Å². The zero-order valence-corrected chi connectivity index (χ0v) is 17.7. The lowest BCUT2D eigenvalue weighted by molar-refractivity contribution is 0.00475. The fourth-order valence-electron chi connectivity index (χ4n) is 3.71. The standard InChI is InChI=1S/C22H27N5O4/c1-4-10-24-22(28)31-18-13-30-19-17(12-29-20(18)19)26-21-23-11-9-16(25-21)14-5-7-15(8-6-14)27(2)3/h4-9,11,17-20H,1,10,12-13H2,2-3H3,(H,24,28)(H,23,25,26)/t17-,18+,19+,20+/m0/s1. The molecule has 2 aliphatic rings. The van der Waals surface area contributed by atoms with E-state index in [4.69, 9.17) is 14.2 Å². The number of anilines is 2. The molecule has 0 bridgehead atoms. The van der Waals surface area contributed by atoms with Gasteiger partial charge < -0.3 is 29.7 Å². The van der Waals surface area contributed by atoms with Crippen molar-refractivity contribution in [2.45, 2.75) is 24.4 Å². The summed E-state index contributed by atoms with van der Waals surface area (Å²) in [5.74, 6) is 0.500. The first-order valence-electron chi connectivity index (χ1n) is 10.2. The third-order valence-electron chi connectivity index (χ3n) is 5.31. The third kappa shape index (κ3) is 4.78. The Morgan fingerprint density at radius 1 is 1.23 bits per heavy atom. The minimum absolute atomic E-state index is 0.138. The summed E-state index contributed by atoms with van der Waals surface area (Å²) in [7, 11) is 4.01. The number of nitrogens with zero attached hydrogens (tertiary/aromatic N) is 3. The molecule has 1 aromatic heterocycles. The van der Waals surface area contributed by atoms with Crippen molar-refractivity contribution in [3.05, 3.63) is 49.2 Å². The lowest BCUT2D eigenvalue weighted by Gasteiger charge is -2.18. The van der Waals surface area contributed by atoms with Gasteiger partial charge in [-0.15, -0.1) is 6.58 Å². The Morgan fingerprint density at radius 3 is 2.74 bits per heavy atom. The Morgan fingerprint density at radius 2 is 2.00 bits per heavy atom. The molecule has 0 aliphatic carbocycles. The highest BCUT2D eigenvalue weighted by atomic mass is 16.6. The summed E-state index contributed by atoms with van der Waals surface area (Å²) >= 11 is 0. The zero-order valence-electron chi connectivity index (χ0n) is 17.7. The molecule has 3 heterocycles. The zero-order chi connectivity index (χ0) is 21.8. The quantitative estimate of drug-likeness (QED) is 0.651. The summed E-state index contributed by atoms with van der Waals surface area (Å²) in [5.41, 5.74) is 2.96. The molecule has 9 heteroatoms. The predicted molar refractivity (Wildman–Crippen MR) is 117 cm³/mol. The second-order valence-corrected chi connectivity index (χ2v) is 7.67. The third-order valence-corrected chi connectivity index (χ3v) is 5.31. The van der Waals surface area contributed by atoms with Gasteiger partial charge in [0.1, 0.15) is 12.2 Å². The molecule has 164 valence electrons. The maximum absolute atomic E-state index is 11.8. The summed E-state index contributed by atoms with van der Waals surface area (Å²) in [4.78, 5) is 22.9. The summed E-state index contributed by atoms with van der Waals surface area (Å²) in [6.45, 7) is 4.60. The van der Waals surface area contributed by atoms with Gasteiger partial charge in [-0.05, 0) is 18.2 Å². The largest absolute Gasteiger partial charge is 0.441 e. The van der Waals surface area contributed by atoms with E-state index in [9.17, 15) is 4.79 Å². The topological polar surface area (TPSA) is 97.8 Å². The van der Waals surface area contributed by atoms with Crippen LogP contribution >= 0.6 is 0 Å². The molecule has 2 fully saturated rings. The number of carbonyl (C=O) groups excluding carboxylic acids is 1. The molecular weight excluding hydrogens is 398 g/mol. The average Bonchev–Trinajstić information content (AvgIpc) is 3.36. The lowest BCUT2D eigenvalue weighted by Crippen LogP contribution is -2.39. The number of nitrogens with one attached hydrogen (secondary N) is 2. The van der Waals surface area contributed by atoms with Gasteiger partial charge in [0.25, 0.3) is 0 Å². The van der Waals surface area contributed by atoms with E-state index in [1.54, 1.807) is 12.3 Å². The van der Waals surface area contributed by atoms with Gasteiger partial charge in [-0.25, -0.2) is 14.8 Å². The van der Waals surface area contributed by atoms with Crippen LogP contribution in [-0.2, 0) is 14.2 Å². The number of benzene rings is 1. The highest BCUT2D eigenvalue weighted by Gasteiger charge is 2.49. The molecule has 4 rings (SSSR count). The maximum atomic E-state index is 11.8. The van der Waals surface area contributed by atoms with E-state index in [1.807, 2.05) is 32.3 Å². The fourth-order valence-corrected chi connectivity index (χ4v) is 3.71. The molecular formula is C22H27N5O4. The van der Waals surface area contributed by atoms with Crippen molar-refractivity contribution in [2.24, 2.45) is 0 Å². The second-order valence-electron chi connectivity index (χ2n) is 7.67. The van der Waals surface area contributed by atoms with Crippen molar-refractivity contribution in [3.63, 3.8) is 0 Å². The number of aromatic nitrogens is 2. The number of alkyl carbamates (subject to hydrolysis) is 1. The van der Waals surface area contributed by atoms with Gasteiger partial charge in [0.15, 0.2) is 6.10 Å². The van der Waals surface area contributed by atoms with Crippen LogP contribution in [0.3, 0.4) is 0 Å². The molecule has 0 unspecified atom stereocenters. The Kier molecular flexibility index (Phi) is 6.34. The highest BCUT2D eigenvalue weighted by Crippen LogP contribution is 2.30. The number of rotatable bonds is 7. The van der Waals surface area contributed by atoms with E-state index in [0.717, 1.165) is 16.9 Å². The number of ether oxygens (including phenoxy) is 3. The Hall–Kier alpha value is -3.17. The van der Waals surface area contributed by atoms with Crippen molar-refractivity contribution in [3.8, 4) is 11.3 Å². The van der Waals surface area contributed by atoms with Crippen molar-refractivity contribution in [2.75, 3.05) is 44.1 Å². The molecule has 1 aromatic carbocycles. The molecule has 4 atom stereocenters. The van der Waals surface area contributed by atoms with Crippen molar-refractivity contribution in [1.29, 1.82) is 0 Å². The lowest BCUT2D eigenvalue weighted by atomic mass is 10.1. The van der Waals surface area contributed by atoms with Crippen molar-refractivity contribution in [1.82, 2.24) is 15.3 Å². The van der Waals surface area contributed by atoms with Gasteiger partial charge in [-0.3, -0.25) is 0 Å². The minimum atomic E-state index is -0.509. The van der Waals surface area contributed by atoms with Crippen LogP contribution in [0.15, 0.2) is 49.2 Å². The van der Waals surface area contributed by atoms with Crippen LogP contribution in [0.2, 0.25) is 0 Å². The van der Waals surface area contributed by atoms with Crippen LogP contribution in [0.1, 0.15) is 0 Å². The van der Waals surface area contributed by atoms with Gasteiger partial charge in [0.2, 0.25) is 5.95 Å². The predicted octanol–water partition coefficient (Wildman–Crippen LogP) is 2.07. The molecule has 2 saturated heterocycles. The Balaban J connectivity index is 1.39. The highest BCUT2D eigenvalue weighted by molar-refractivity contribution is 5.67. The van der Waals surface area contributed by atoms with E-state index in [-0.39, 0.29) is 24.9 Å². The summed E-state index contributed by atoms with van der Waals surface area (Å²) < 4.78 is 17.1. The molecule has 9 nitrogen and oxygen atoms in total. The summed E-state index contributed by atoms with van der Waals surface area (Å²) in [6, 6.07) is 9.92. The molecule has 0 radical (unpaired) electrons. The Labute approximate surface area is 181 Å². The first kappa shape index (κ1) is 21.1. The normalized spacial score (nSPS) is 24.3. The molecule has 1 amide bonds. The van der Waals surface area contributed by atoms with Gasteiger partial charge >= 0.3 is 6.09 Å². The van der Waals surface area contributed by atoms with Crippen LogP contribution in [-0.4, -0.2) is 74.3 Å². The van der Waals surface area contributed by atoms with Gasteiger partial charge in [0, 0.05) is 38.1 Å². The number of carbonyl (C=O) groups is 1. The molecule has 0 saturated carbocycles. The van der Waals surface area contributed by atoms with Gasteiger partial charge in [-0.1, -0.05) is 18.2 Å². The second kappa shape index (κ2) is 9.32. The van der Waals surface area contributed by atoms with Crippen LogP contribution in [0.5, 0.6) is 0 Å². The average molecular weight is 425 g/mol. The SMILES string of the molecule is C=CCNC(=O)O[C@@H]1CO[C@H]2[C@@H]1OC[C@@H]2Nc1nccc(-c2ccc(N(C)C)cc2)n1. The Bertz CT molecular complexity index is 920. The fraction of sp³-hybridized carbons (Fsp3) is 0.409. The molecule has 2 aliphatic heterocycles. The van der Waals surface area contributed by atoms with E-state index in [1.165, 1.54) is 0 Å². The molecule has 31 heavy (non-hydrogen) atoms. The van der Waals surface area contributed by atoms with Crippen LogP contribution < -0.4 is 15.5 Å². The number of hydrogen-bond acceptors (Lipinski definition) is 8. The summed E-state index contributed by atoms with van der Waals surface area (Å²) in [5, 5.41) is 5.90. The van der Waals surface area contributed by atoms with Crippen molar-refractivity contribution >= 4 is 17.7 Å². The van der Waals surface area contributed by atoms with E-state index in [0.29, 0.717) is 19.1 Å². The van der Waals surface area contributed by atoms with E-state index < -0.39 is 12.2 Å². The first-order valence-corrected chi connectivity index (χ1v) is 10.2. The first-order chi connectivity index (χ1) is 15.0. The number of hydrogen-bond donors (Lipinski definition) is 2. The van der Waals surface area contributed by atoms with Crippen LogP contribution in [0.25, 0.3) is 11.3 Å². The van der Waals surface area contributed by atoms with Crippen LogP contribution in [0, 0.1) is 0 Å². The number of amides is 1. The van der Waals surface area contributed by atoms with Crippen LogP contribution in [0.4, 0.5) is 16.4 Å². The minimum Gasteiger partial charge on any atom is -0.441 e. The maximum Gasteiger partial charge on any atom is 0.407 e. The van der Waals surface area contributed by atoms with E-state index >= 15 is 0 Å².